The van der Waals surface area contributed by atoms with Gasteiger partial charge in [-0.05, 0) is 24.0 Å². The number of thioether (sulfide) groups is 1. The van der Waals surface area contributed by atoms with Gasteiger partial charge in [0, 0.05) is 38.5 Å². The second kappa shape index (κ2) is 18.0. The molecule has 42 heavy (non-hydrogen) atoms. The van der Waals surface area contributed by atoms with E-state index in [1.807, 2.05) is 60.7 Å². The predicted octanol–water partition coefficient (Wildman–Crippen LogP) is 3.07. The van der Waals surface area contributed by atoms with Gasteiger partial charge in [-0.15, -0.1) is 0 Å². The number of carbonyl (C=O) groups excluding carboxylic acids is 5. The Kier molecular flexibility index (Phi) is 14.1. The van der Waals surface area contributed by atoms with E-state index in [0.717, 1.165) is 55.0 Å². The van der Waals surface area contributed by atoms with Gasteiger partial charge in [-0.1, -0.05) is 98.1 Å². The van der Waals surface area contributed by atoms with Crippen molar-refractivity contribution in [2.24, 2.45) is 0 Å². The maximum Gasteiger partial charge on any atom is 0.243 e. The van der Waals surface area contributed by atoms with Crippen molar-refractivity contribution in [2.75, 3.05) is 12.3 Å². The lowest BCUT2D eigenvalue weighted by Gasteiger charge is -2.24. The highest BCUT2D eigenvalue weighted by atomic mass is 32.2. The van der Waals surface area contributed by atoms with Gasteiger partial charge in [0.15, 0.2) is 0 Å². The van der Waals surface area contributed by atoms with Crippen LogP contribution in [0, 0.1) is 0 Å². The molecule has 1 aliphatic rings. The predicted molar refractivity (Wildman–Crippen MR) is 165 cm³/mol. The summed E-state index contributed by atoms with van der Waals surface area (Å²) in [6.45, 7) is 1.81. The maximum atomic E-state index is 13.6. The van der Waals surface area contributed by atoms with Gasteiger partial charge in [0.2, 0.25) is 28.7 Å². The van der Waals surface area contributed by atoms with E-state index in [4.69, 9.17) is 0 Å². The van der Waals surface area contributed by atoms with Crippen LogP contribution in [-0.4, -0.2) is 59.2 Å². The summed E-state index contributed by atoms with van der Waals surface area (Å²) >= 11 is 0.898. The van der Waals surface area contributed by atoms with E-state index in [1.165, 1.54) is 6.92 Å². The zero-order chi connectivity index (χ0) is 30.2. The molecule has 1 heterocycles. The lowest BCUT2D eigenvalue weighted by atomic mass is 10.0. The fourth-order valence-corrected chi connectivity index (χ4v) is 5.70. The smallest absolute Gasteiger partial charge is 0.243 e. The highest BCUT2D eigenvalue weighted by Gasteiger charge is 2.29. The zero-order valence-corrected chi connectivity index (χ0v) is 25.0. The zero-order valence-electron chi connectivity index (χ0n) is 24.2. The Bertz CT molecular complexity index is 1180. The van der Waals surface area contributed by atoms with Crippen molar-refractivity contribution in [3.05, 3.63) is 71.8 Å². The van der Waals surface area contributed by atoms with Gasteiger partial charge in [-0.3, -0.25) is 24.0 Å². The van der Waals surface area contributed by atoms with Gasteiger partial charge in [0.25, 0.3) is 0 Å². The van der Waals surface area contributed by atoms with Crippen LogP contribution in [0.4, 0.5) is 0 Å². The highest BCUT2D eigenvalue weighted by molar-refractivity contribution is 8.13. The molecule has 3 rings (SSSR count). The van der Waals surface area contributed by atoms with Crippen LogP contribution < -0.4 is 21.3 Å². The van der Waals surface area contributed by atoms with Crippen molar-refractivity contribution >= 4 is 40.5 Å². The van der Waals surface area contributed by atoms with Gasteiger partial charge in [0.1, 0.15) is 18.1 Å². The Morgan fingerprint density at radius 2 is 1.33 bits per heavy atom. The average molecular weight is 595 g/mol. The van der Waals surface area contributed by atoms with Crippen LogP contribution in [0.3, 0.4) is 0 Å². The van der Waals surface area contributed by atoms with Crippen molar-refractivity contribution < 1.29 is 24.0 Å². The van der Waals surface area contributed by atoms with Crippen LogP contribution >= 0.6 is 11.8 Å². The third-order valence-electron chi connectivity index (χ3n) is 7.03. The van der Waals surface area contributed by atoms with Gasteiger partial charge in [-0.25, -0.2) is 0 Å². The van der Waals surface area contributed by atoms with Crippen LogP contribution in [0.25, 0.3) is 0 Å². The summed E-state index contributed by atoms with van der Waals surface area (Å²) < 4.78 is 0. The third-order valence-corrected chi connectivity index (χ3v) is 8.10. The first kappa shape index (κ1) is 32.8. The van der Waals surface area contributed by atoms with Crippen molar-refractivity contribution in [1.29, 1.82) is 0 Å². The Hall–Kier alpha value is -3.66. The molecule has 1 saturated heterocycles. The van der Waals surface area contributed by atoms with Gasteiger partial charge < -0.3 is 21.3 Å². The molecule has 2 aromatic rings. The summed E-state index contributed by atoms with van der Waals surface area (Å²) in [5.74, 6) is -1.33. The number of nitrogens with one attached hydrogen (secondary N) is 4. The Morgan fingerprint density at radius 3 is 1.95 bits per heavy atom. The minimum Gasteiger partial charge on any atom is -0.354 e. The van der Waals surface area contributed by atoms with E-state index in [1.54, 1.807) is 0 Å². The second-order valence-corrected chi connectivity index (χ2v) is 11.6. The molecule has 3 atom stereocenters. The van der Waals surface area contributed by atoms with Crippen LogP contribution in [0.15, 0.2) is 60.7 Å². The Labute approximate surface area is 252 Å². The Balaban J connectivity index is 1.84. The minimum atomic E-state index is -0.910. The molecular weight excluding hydrogens is 552 g/mol. The van der Waals surface area contributed by atoms with Crippen molar-refractivity contribution in [3.8, 4) is 0 Å². The number of benzene rings is 2. The molecule has 10 heteroatoms. The summed E-state index contributed by atoms with van der Waals surface area (Å²) in [5, 5.41) is 11.0. The number of hydrogen-bond donors (Lipinski definition) is 4. The lowest BCUT2D eigenvalue weighted by Crippen LogP contribution is -2.53. The van der Waals surface area contributed by atoms with Crippen molar-refractivity contribution in [2.45, 2.75) is 82.8 Å². The molecule has 1 aliphatic heterocycles. The van der Waals surface area contributed by atoms with E-state index in [2.05, 4.69) is 21.3 Å². The summed E-state index contributed by atoms with van der Waals surface area (Å²) in [7, 11) is 0. The topological polar surface area (TPSA) is 133 Å². The molecule has 0 bridgehead atoms. The highest BCUT2D eigenvalue weighted by Crippen LogP contribution is 2.15. The Morgan fingerprint density at radius 1 is 0.762 bits per heavy atom. The number of carbonyl (C=O) groups is 5. The first-order chi connectivity index (χ1) is 20.3. The second-order valence-electron chi connectivity index (χ2n) is 10.6. The molecule has 226 valence electrons. The van der Waals surface area contributed by atoms with Gasteiger partial charge in [0.05, 0.1) is 0 Å². The summed E-state index contributed by atoms with van der Waals surface area (Å²) in [5.41, 5.74) is 1.74. The molecule has 0 aromatic heterocycles. The quantitative estimate of drug-likeness (QED) is 0.421. The SMILES string of the molecule is CC(=O)N[C@H]1CSC(=O)[C@H](Cc2ccccc2)NC(=O)[C@H](Cc2ccccc2)NC(=O)CCCCCCCCNC1=O. The first-order valence-electron chi connectivity index (χ1n) is 14.7. The molecule has 2 aromatic carbocycles. The summed E-state index contributed by atoms with van der Waals surface area (Å²) in [6.07, 6.45) is 6.15. The van der Waals surface area contributed by atoms with Crippen LogP contribution in [-0.2, 0) is 36.8 Å². The van der Waals surface area contributed by atoms with Gasteiger partial charge >= 0.3 is 0 Å². The lowest BCUT2D eigenvalue weighted by molar-refractivity contribution is -0.130. The van der Waals surface area contributed by atoms with E-state index < -0.39 is 24.0 Å². The average Bonchev–Trinajstić information content (AvgIpc) is 2.97. The van der Waals surface area contributed by atoms with Crippen LogP contribution in [0.2, 0.25) is 0 Å². The van der Waals surface area contributed by atoms with E-state index in [-0.39, 0.29) is 41.4 Å². The van der Waals surface area contributed by atoms with Crippen molar-refractivity contribution in [1.82, 2.24) is 21.3 Å². The fraction of sp³-hybridized carbons (Fsp3) is 0.469. The maximum absolute atomic E-state index is 13.6. The molecule has 0 unspecified atom stereocenters. The fourth-order valence-electron chi connectivity index (χ4n) is 4.79. The molecule has 9 nitrogen and oxygen atoms in total. The molecule has 0 aliphatic carbocycles. The molecule has 0 saturated carbocycles. The molecular formula is C32H42N4O5S. The van der Waals surface area contributed by atoms with E-state index in [9.17, 15) is 24.0 Å². The standard InChI is InChI=1S/C32H42N4O5S/c1-23(37)34-28-22-42-32(41)27(21-25-16-10-7-11-17-25)36-31(40)26(20-24-14-8-6-9-15-24)35-29(38)18-12-4-2-3-5-13-19-33-30(28)39/h6-11,14-17,26-28H,2-5,12-13,18-22H2,1H3,(H,33,39)(H,34,37)(H,35,38)(H,36,40)/t26-,27-,28-/m0/s1. The number of hydrogen-bond acceptors (Lipinski definition) is 6. The molecule has 4 N–H and O–H groups in total. The van der Waals surface area contributed by atoms with Gasteiger partial charge in [-0.2, -0.15) is 0 Å². The number of amides is 4. The normalized spacial score (nSPS) is 22.3. The summed E-state index contributed by atoms with van der Waals surface area (Å²) in [6, 6.07) is 16.1. The molecule has 4 amide bonds. The third kappa shape index (κ3) is 12.1. The van der Waals surface area contributed by atoms with Crippen LogP contribution in [0.5, 0.6) is 0 Å². The minimum absolute atomic E-state index is 0.0234. The number of rotatable bonds is 5. The molecule has 0 radical (unpaired) electrons. The molecule has 1 fully saturated rings. The largest absolute Gasteiger partial charge is 0.354 e. The van der Waals surface area contributed by atoms with Crippen molar-refractivity contribution in [3.63, 3.8) is 0 Å². The monoisotopic (exact) mass is 594 g/mol. The van der Waals surface area contributed by atoms with E-state index in [0.29, 0.717) is 19.4 Å². The van der Waals surface area contributed by atoms with Crippen LogP contribution in [0.1, 0.15) is 63.0 Å². The molecule has 0 spiro atoms. The van der Waals surface area contributed by atoms with E-state index >= 15 is 0 Å². The summed E-state index contributed by atoms with van der Waals surface area (Å²) in [4.78, 5) is 64.7. The first-order valence-corrected chi connectivity index (χ1v) is 15.7.